The summed E-state index contributed by atoms with van der Waals surface area (Å²) in [5.41, 5.74) is 0.731. The number of halogens is 2. The summed E-state index contributed by atoms with van der Waals surface area (Å²) < 4.78 is 8.53. The number of nitrogens with zero attached hydrogens (tertiary/aromatic N) is 3. The van der Waals surface area contributed by atoms with Gasteiger partial charge in [0.2, 0.25) is 5.91 Å². The minimum absolute atomic E-state index is 0.125. The van der Waals surface area contributed by atoms with E-state index in [1.807, 2.05) is 28.8 Å². The van der Waals surface area contributed by atoms with Crippen LogP contribution in [-0.4, -0.2) is 26.4 Å². The highest BCUT2D eigenvalue weighted by Gasteiger charge is 2.14. The van der Waals surface area contributed by atoms with Crippen LogP contribution in [-0.2, 0) is 17.9 Å². The minimum atomic E-state index is -0.125. The SMILES string of the molecule is C=CCn1c(COc2ccc(Cl)cc2)nnc1SCC(=O)Nc1cccc(Br)c1. The summed E-state index contributed by atoms with van der Waals surface area (Å²) in [6, 6.07) is 14.5. The highest BCUT2D eigenvalue weighted by molar-refractivity contribution is 9.10. The summed E-state index contributed by atoms with van der Waals surface area (Å²) in [4.78, 5) is 12.3. The second-order valence-electron chi connectivity index (χ2n) is 5.89. The number of aromatic nitrogens is 3. The third-order valence-electron chi connectivity index (χ3n) is 3.73. The standard InChI is InChI=1S/C20H18BrClN4O2S/c1-2-10-26-18(12-28-17-8-6-15(22)7-9-17)24-25-20(26)29-13-19(27)23-16-5-3-4-14(21)11-16/h2-9,11H,1,10,12-13H2,(H,23,27). The quantitative estimate of drug-likeness (QED) is 0.328. The lowest BCUT2D eigenvalue weighted by molar-refractivity contribution is -0.113. The van der Waals surface area contributed by atoms with Crippen LogP contribution in [0.15, 0.2) is 70.8 Å². The Kier molecular flexibility index (Phi) is 7.74. The Morgan fingerprint density at radius 2 is 2.07 bits per heavy atom. The van der Waals surface area contributed by atoms with E-state index >= 15 is 0 Å². The molecule has 1 amide bonds. The van der Waals surface area contributed by atoms with Gasteiger partial charge in [0.05, 0.1) is 5.75 Å². The number of carbonyl (C=O) groups is 1. The Labute approximate surface area is 186 Å². The van der Waals surface area contributed by atoms with Crippen molar-refractivity contribution in [2.75, 3.05) is 11.1 Å². The molecule has 2 aromatic carbocycles. The number of thioether (sulfide) groups is 1. The number of benzene rings is 2. The largest absolute Gasteiger partial charge is 0.486 e. The van der Waals surface area contributed by atoms with Crippen molar-refractivity contribution >= 4 is 50.9 Å². The smallest absolute Gasteiger partial charge is 0.234 e. The molecule has 0 saturated carbocycles. The first-order valence-corrected chi connectivity index (χ1v) is 10.8. The second kappa shape index (κ2) is 10.5. The molecule has 3 rings (SSSR count). The molecule has 0 bridgehead atoms. The van der Waals surface area contributed by atoms with E-state index in [0.29, 0.717) is 28.3 Å². The van der Waals surface area contributed by atoms with Crippen LogP contribution >= 0.6 is 39.3 Å². The van der Waals surface area contributed by atoms with E-state index in [1.165, 1.54) is 11.8 Å². The van der Waals surface area contributed by atoms with Crippen LogP contribution in [0, 0.1) is 0 Å². The number of hydrogen-bond donors (Lipinski definition) is 1. The van der Waals surface area contributed by atoms with Gasteiger partial charge in [0.25, 0.3) is 0 Å². The molecule has 150 valence electrons. The fraction of sp³-hybridized carbons (Fsp3) is 0.150. The number of rotatable bonds is 9. The fourth-order valence-corrected chi connectivity index (χ4v) is 3.71. The van der Waals surface area contributed by atoms with Crippen molar-refractivity contribution in [2.45, 2.75) is 18.3 Å². The molecule has 0 aliphatic carbocycles. The number of amides is 1. The summed E-state index contributed by atoms with van der Waals surface area (Å²) in [5, 5.41) is 12.5. The molecule has 0 spiro atoms. The van der Waals surface area contributed by atoms with E-state index in [1.54, 1.807) is 30.3 Å². The first kappa shape index (κ1) is 21.4. The van der Waals surface area contributed by atoms with Gasteiger partial charge in [-0.05, 0) is 42.5 Å². The van der Waals surface area contributed by atoms with Gasteiger partial charge < -0.3 is 10.1 Å². The molecule has 9 heteroatoms. The molecule has 0 aliphatic heterocycles. The van der Waals surface area contributed by atoms with Gasteiger partial charge in [-0.1, -0.05) is 51.4 Å². The Balaban J connectivity index is 1.60. The molecular formula is C20H18BrClN4O2S. The van der Waals surface area contributed by atoms with E-state index < -0.39 is 0 Å². The van der Waals surface area contributed by atoms with Gasteiger partial charge in [-0.25, -0.2) is 0 Å². The molecule has 0 aliphatic rings. The number of nitrogens with one attached hydrogen (secondary N) is 1. The topological polar surface area (TPSA) is 69.0 Å². The number of carbonyl (C=O) groups excluding carboxylic acids is 1. The fourth-order valence-electron chi connectivity index (χ4n) is 2.42. The molecule has 1 aromatic heterocycles. The zero-order valence-electron chi connectivity index (χ0n) is 15.3. The number of anilines is 1. The van der Waals surface area contributed by atoms with Gasteiger partial charge in [-0.15, -0.1) is 16.8 Å². The lowest BCUT2D eigenvalue weighted by atomic mass is 10.3. The molecule has 0 unspecified atom stereocenters. The van der Waals surface area contributed by atoms with Crippen LogP contribution in [0.2, 0.25) is 5.02 Å². The maximum absolute atomic E-state index is 12.3. The van der Waals surface area contributed by atoms with Crippen molar-refractivity contribution in [3.8, 4) is 5.75 Å². The molecule has 1 N–H and O–H groups in total. The molecule has 0 saturated heterocycles. The first-order chi connectivity index (χ1) is 14.0. The lowest BCUT2D eigenvalue weighted by Gasteiger charge is -2.09. The third kappa shape index (κ3) is 6.35. The Hall–Kier alpha value is -2.29. The van der Waals surface area contributed by atoms with Crippen molar-refractivity contribution in [3.05, 3.63) is 76.5 Å². The molecule has 29 heavy (non-hydrogen) atoms. The Morgan fingerprint density at radius 1 is 1.28 bits per heavy atom. The van der Waals surface area contributed by atoms with Gasteiger partial charge >= 0.3 is 0 Å². The predicted molar refractivity (Wildman–Crippen MR) is 119 cm³/mol. The summed E-state index contributed by atoms with van der Waals surface area (Å²) in [7, 11) is 0. The van der Waals surface area contributed by atoms with Crippen molar-refractivity contribution in [1.29, 1.82) is 0 Å². The van der Waals surface area contributed by atoms with Crippen LogP contribution < -0.4 is 10.1 Å². The van der Waals surface area contributed by atoms with E-state index in [0.717, 1.165) is 10.2 Å². The maximum atomic E-state index is 12.3. The molecule has 3 aromatic rings. The molecule has 0 fully saturated rings. The second-order valence-corrected chi connectivity index (χ2v) is 8.18. The number of allylic oxidation sites excluding steroid dienone is 1. The van der Waals surface area contributed by atoms with Crippen molar-refractivity contribution in [3.63, 3.8) is 0 Å². The van der Waals surface area contributed by atoms with Crippen LogP contribution in [0.4, 0.5) is 5.69 Å². The van der Waals surface area contributed by atoms with Crippen molar-refractivity contribution < 1.29 is 9.53 Å². The number of ether oxygens (including phenoxy) is 1. The Morgan fingerprint density at radius 3 is 2.79 bits per heavy atom. The lowest BCUT2D eigenvalue weighted by Crippen LogP contribution is -2.15. The van der Waals surface area contributed by atoms with E-state index in [9.17, 15) is 4.79 Å². The minimum Gasteiger partial charge on any atom is -0.486 e. The third-order valence-corrected chi connectivity index (χ3v) is 5.44. The van der Waals surface area contributed by atoms with Crippen LogP contribution in [0.3, 0.4) is 0 Å². The number of hydrogen-bond acceptors (Lipinski definition) is 5. The van der Waals surface area contributed by atoms with Gasteiger partial charge in [-0.3, -0.25) is 9.36 Å². The maximum Gasteiger partial charge on any atom is 0.234 e. The average Bonchev–Trinajstić information content (AvgIpc) is 3.08. The highest BCUT2D eigenvalue weighted by atomic mass is 79.9. The molecule has 0 atom stereocenters. The van der Waals surface area contributed by atoms with Crippen LogP contribution in [0.25, 0.3) is 0 Å². The molecule has 0 radical (unpaired) electrons. The summed E-state index contributed by atoms with van der Waals surface area (Å²) >= 11 is 10.6. The van der Waals surface area contributed by atoms with Crippen LogP contribution in [0.5, 0.6) is 5.75 Å². The molecule has 6 nitrogen and oxygen atoms in total. The van der Waals surface area contributed by atoms with Gasteiger partial charge in [0, 0.05) is 21.7 Å². The zero-order valence-corrected chi connectivity index (χ0v) is 18.5. The summed E-state index contributed by atoms with van der Waals surface area (Å²) in [6.07, 6.45) is 1.75. The van der Waals surface area contributed by atoms with Gasteiger partial charge in [-0.2, -0.15) is 0 Å². The summed E-state index contributed by atoms with van der Waals surface area (Å²) in [5.74, 6) is 1.42. The van der Waals surface area contributed by atoms with Crippen molar-refractivity contribution in [1.82, 2.24) is 14.8 Å². The monoisotopic (exact) mass is 492 g/mol. The highest BCUT2D eigenvalue weighted by Crippen LogP contribution is 2.21. The van der Waals surface area contributed by atoms with Gasteiger partial charge in [0.1, 0.15) is 12.4 Å². The van der Waals surface area contributed by atoms with Crippen LogP contribution in [0.1, 0.15) is 5.82 Å². The predicted octanol–water partition coefficient (Wildman–Crippen LogP) is 5.19. The zero-order chi connectivity index (χ0) is 20.6. The van der Waals surface area contributed by atoms with E-state index in [2.05, 4.69) is 38.0 Å². The van der Waals surface area contributed by atoms with Gasteiger partial charge in [0.15, 0.2) is 11.0 Å². The Bertz CT molecular complexity index is 994. The molecular weight excluding hydrogens is 476 g/mol. The first-order valence-electron chi connectivity index (χ1n) is 8.64. The van der Waals surface area contributed by atoms with E-state index in [4.69, 9.17) is 16.3 Å². The normalized spacial score (nSPS) is 10.6. The van der Waals surface area contributed by atoms with Crippen molar-refractivity contribution in [2.24, 2.45) is 0 Å². The van der Waals surface area contributed by atoms with E-state index in [-0.39, 0.29) is 18.3 Å². The molecule has 1 heterocycles. The average molecular weight is 494 g/mol. The summed E-state index contributed by atoms with van der Waals surface area (Å²) in [6.45, 7) is 4.54.